The van der Waals surface area contributed by atoms with E-state index in [4.69, 9.17) is 10.5 Å². The van der Waals surface area contributed by atoms with Gasteiger partial charge in [-0.05, 0) is 23.6 Å². The smallest absolute Gasteiger partial charge is 0.238 e. The van der Waals surface area contributed by atoms with Gasteiger partial charge in [0.15, 0.2) is 0 Å². The van der Waals surface area contributed by atoms with Crippen LogP contribution in [0.25, 0.3) is 0 Å². The highest BCUT2D eigenvalue weighted by Gasteiger charge is 2.08. The van der Waals surface area contributed by atoms with Gasteiger partial charge in [-0.15, -0.1) is 0 Å². The summed E-state index contributed by atoms with van der Waals surface area (Å²) in [5.74, 6) is 0.824. The Bertz CT molecular complexity index is 375. The van der Waals surface area contributed by atoms with Crippen LogP contribution in [-0.4, -0.2) is 19.6 Å². The Morgan fingerprint density at radius 2 is 2.19 bits per heavy atom. The quantitative estimate of drug-likeness (QED) is 0.815. The van der Waals surface area contributed by atoms with Gasteiger partial charge in [0.1, 0.15) is 5.75 Å². The van der Waals surface area contributed by atoms with Gasteiger partial charge in [-0.2, -0.15) is 0 Å². The average Bonchev–Trinajstić information content (AvgIpc) is 2.28. The van der Waals surface area contributed by atoms with Crippen molar-refractivity contribution in [2.75, 3.05) is 19.0 Å². The lowest BCUT2D eigenvalue weighted by Crippen LogP contribution is -2.22. The van der Waals surface area contributed by atoms with Crippen LogP contribution >= 0.6 is 0 Å². The molecule has 0 aliphatic rings. The van der Waals surface area contributed by atoms with Crippen molar-refractivity contribution in [2.45, 2.75) is 19.8 Å². The number of anilines is 1. The maximum absolute atomic E-state index is 11.2. The molecule has 0 heterocycles. The monoisotopic (exact) mass is 222 g/mol. The normalized spacial score (nSPS) is 10.3. The zero-order chi connectivity index (χ0) is 12.1. The van der Waals surface area contributed by atoms with E-state index >= 15 is 0 Å². The molecule has 16 heavy (non-hydrogen) atoms. The zero-order valence-electron chi connectivity index (χ0n) is 9.91. The van der Waals surface area contributed by atoms with Crippen molar-refractivity contribution in [2.24, 2.45) is 5.73 Å². The van der Waals surface area contributed by atoms with Crippen molar-refractivity contribution in [1.82, 2.24) is 0 Å². The number of hydrogen-bond donors (Lipinski definition) is 2. The van der Waals surface area contributed by atoms with Gasteiger partial charge in [0.2, 0.25) is 5.91 Å². The van der Waals surface area contributed by atoms with Crippen LogP contribution in [0.3, 0.4) is 0 Å². The van der Waals surface area contributed by atoms with E-state index in [1.54, 1.807) is 7.11 Å². The molecule has 4 nitrogen and oxygen atoms in total. The number of carbonyl (C=O) groups is 1. The van der Waals surface area contributed by atoms with Crippen molar-refractivity contribution in [3.8, 4) is 5.75 Å². The highest BCUT2D eigenvalue weighted by molar-refractivity contribution is 5.93. The van der Waals surface area contributed by atoms with Crippen molar-refractivity contribution in [3.05, 3.63) is 23.8 Å². The second-order valence-electron chi connectivity index (χ2n) is 3.87. The van der Waals surface area contributed by atoms with Crippen LogP contribution < -0.4 is 15.8 Å². The fourth-order valence-corrected chi connectivity index (χ4v) is 1.38. The molecule has 0 aromatic heterocycles. The van der Waals surface area contributed by atoms with E-state index in [0.717, 1.165) is 5.56 Å². The number of rotatable bonds is 4. The van der Waals surface area contributed by atoms with Gasteiger partial charge in [0.05, 0.1) is 19.3 Å². The van der Waals surface area contributed by atoms with Crippen molar-refractivity contribution >= 4 is 11.6 Å². The maximum atomic E-state index is 11.2. The fourth-order valence-electron chi connectivity index (χ4n) is 1.38. The first kappa shape index (κ1) is 12.5. The highest BCUT2D eigenvalue weighted by atomic mass is 16.5. The van der Waals surface area contributed by atoms with E-state index in [0.29, 0.717) is 17.4 Å². The molecule has 0 spiro atoms. The van der Waals surface area contributed by atoms with E-state index in [2.05, 4.69) is 19.2 Å². The molecule has 0 aliphatic heterocycles. The summed E-state index contributed by atoms with van der Waals surface area (Å²) in [7, 11) is 1.57. The van der Waals surface area contributed by atoms with E-state index in [1.807, 2.05) is 18.2 Å². The molecule has 0 aliphatic carbocycles. The Morgan fingerprint density at radius 3 is 2.69 bits per heavy atom. The lowest BCUT2D eigenvalue weighted by molar-refractivity contribution is -0.114. The van der Waals surface area contributed by atoms with Crippen LogP contribution in [0.2, 0.25) is 0 Å². The Hall–Kier alpha value is -1.55. The summed E-state index contributed by atoms with van der Waals surface area (Å²) in [4.78, 5) is 11.2. The van der Waals surface area contributed by atoms with Crippen LogP contribution in [0.4, 0.5) is 5.69 Å². The second kappa shape index (κ2) is 5.51. The molecule has 0 unspecified atom stereocenters. The van der Waals surface area contributed by atoms with E-state index in [1.165, 1.54) is 0 Å². The number of nitrogens with two attached hydrogens (primary N) is 1. The molecule has 3 N–H and O–H groups in total. The lowest BCUT2D eigenvalue weighted by atomic mass is 10.0. The Labute approximate surface area is 95.8 Å². The highest BCUT2D eigenvalue weighted by Crippen LogP contribution is 2.28. The van der Waals surface area contributed by atoms with Crippen LogP contribution in [0.15, 0.2) is 18.2 Å². The molecule has 0 saturated carbocycles. The minimum atomic E-state index is -0.223. The minimum Gasteiger partial charge on any atom is -0.495 e. The molecule has 0 bridgehead atoms. The number of benzene rings is 1. The number of methoxy groups -OCH3 is 1. The number of carbonyl (C=O) groups excluding carboxylic acids is 1. The molecule has 1 aromatic rings. The molecule has 1 amide bonds. The third-order valence-corrected chi connectivity index (χ3v) is 2.35. The van der Waals surface area contributed by atoms with Gasteiger partial charge in [0.25, 0.3) is 0 Å². The van der Waals surface area contributed by atoms with Crippen molar-refractivity contribution in [3.63, 3.8) is 0 Å². The van der Waals surface area contributed by atoms with Crippen LogP contribution in [-0.2, 0) is 4.79 Å². The second-order valence-corrected chi connectivity index (χ2v) is 3.87. The SMILES string of the molecule is COc1ccc(C(C)C)cc1NC(=O)CN. The van der Waals surface area contributed by atoms with E-state index < -0.39 is 0 Å². The third-order valence-electron chi connectivity index (χ3n) is 2.35. The summed E-state index contributed by atoms with van der Waals surface area (Å²) in [6.45, 7) is 4.15. The summed E-state index contributed by atoms with van der Waals surface area (Å²) < 4.78 is 5.17. The Morgan fingerprint density at radius 1 is 1.50 bits per heavy atom. The van der Waals surface area contributed by atoms with Gasteiger partial charge < -0.3 is 15.8 Å². The van der Waals surface area contributed by atoms with Crippen molar-refractivity contribution in [1.29, 1.82) is 0 Å². The minimum absolute atomic E-state index is 0.0327. The number of hydrogen-bond acceptors (Lipinski definition) is 3. The predicted octanol–water partition coefficient (Wildman–Crippen LogP) is 1.72. The van der Waals surface area contributed by atoms with E-state index in [-0.39, 0.29) is 12.5 Å². The molecular weight excluding hydrogens is 204 g/mol. The van der Waals surface area contributed by atoms with Gasteiger partial charge in [-0.3, -0.25) is 4.79 Å². The van der Waals surface area contributed by atoms with E-state index in [9.17, 15) is 4.79 Å². The summed E-state index contributed by atoms with van der Waals surface area (Å²) in [5.41, 5.74) is 7.07. The first-order valence-electron chi connectivity index (χ1n) is 5.26. The van der Waals surface area contributed by atoms with Gasteiger partial charge in [0, 0.05) is 0 Å². The summed E-state index contributed by atoms with van der Waals surface area (Å²) >= 11 is 0. The average molecular weight is 222 g/mol. The summed E-state index contributed by atoms with van der Waals surface area (Å²) in [5, 5.41) is 2.72. The lowest BCUT2D eigenvalue weighted by Gasteiger charge is -2.13. The summed E-state index contributed by atoms with van der Waals surface area (Å²) in [6, 6.07) is 5.75. The predicted molar refractivity (Wildman–Crippen MR) is 64.8 cm³/mol. The zero-order valence-corrected chi connectivity index (χ0v) is 9.91. The molecule has 88 valence electrons. The molecule has 1 aromatic carbocycles. The first-order chi connectivity index (χ1) is 7.58. The van der Waals surface area contributed by atoms with Crippen LogP contribution in [0.5, 0.6) is 5.75 Å². The molecular formula is C12H18N2O2. The molecule has 0 atom stereocenters. The maximum Gasteiger partial charge on any atom is 0.238 e. The number of nitrogens with one attached hydrogen (secondary N) is 1. The topological polar surface area (TPSA) is 64.3 Å². The van der Waals surface area contributed by atoms with Gasteiger partial charge in [-0.1, -0.05) is 19.9 Å². The molecule has 1 rings (SSSR count). The largest absolute Gasteiger partial charge is 0.495 e. The Balaban J connectivity index is 3.02. The molecule has 0 fully saturated rings. The third kappa shape index (κ3) is 2.97. The Kier molecular flexibility index (Phi) is 4.31. The number of amides is 1. The summed E-state index contributed by atoms with van der Waals surface area (Å²) in [6.07, 6.45) is 0. The van der Waals surface area contributed by atoms with Crippen LogP contribution in [0.1, 0.15) is 25.3 Å². The van der Waals surface area contributed by atoms with Gasteiger partial charge >= 0.3 is 0 Å². The molecule has 4 heteroatoms. The van der Waals surface area contributed by atoms with Gasteiger partial charge in [-0.25, -0.2) is 0 Å². The fraction of sp³-hybridized carbons (Fsp3) is 0.417. The number of ether oxygens (including phenoxy) is 1. The van der Waals surface area contributed by atoms with Crippen LogP contribution in [0, 0.1) is 0 Å². The standard InChI is InChI=1S/C12H18N2O2/c1-8(2)9-4-5-11(16-3)10(6-9)14-12(15)7-13/h4-6,8H,7,13H2,1-3H3,(H,14,15). The molecule has 0 radical (unpaired) electrons. The van der Waals surface area contributed by atoms with Crippen molar-refractivity contribution < 1.29 is 9.53 Å². The first-order valence-corrected chi connectivity index (χ1v) is 5.26. The molecule has 0 saturated heterocycles.